The Balaban J connectivity index is 0.00000256. The summed E-state index contributed by atoms with van der Waals surface area (Å²) >= 11 is 0. The standard InChI is InChI=1S/C23H31N3O3.H2S/c1-16-5-7-17(8-6-16)18-14-24-20(25-18)19-13-23(9-11-28-12-10-23)15-26(19)21(27)29-22(2,3)4;/h5-8,14,19H,9-13,15H2,1-4H3,(H,24,25);1H2/t19-;/m0./s1. The van der Waals surface area contributed by atoms with Crippen LogP contribution in [0.5, 0.6) is 0 Å². The van der Waals surface area contributed by atoms with Crippen molar-refractivity contribution in [3.05, 3.63) is 41.9 Å². The molecule has 2 aliphatic heterocycles. The van der Waals surface area contributed by atoms with Crippen LogP contribution in [0.1, 0.15) is 57.5 Å². The second-order valence-electron chi connectivity index (χ2n) is 9.49. The van der Waals surface area contributed by atoms with Crippen molar-refractivity contribution in [2.75, 3.05) is 19.8 Å². The minimum atomic E-state index is -0.525. The van der Waals surface area contributed by atoms with Gasteiger partial charge in [0.25, 0.3) is 0 Å². The van der Waals surface area contributed by atoms with E-state index in [0.717, 1.165) is 49.6 Å². The second kappa shape index (κ2) is 8.63. The highest BCUT2D eigenvalue weighted by molar-refractivity contribution is 7.59. The predicted octanol–water partition coefficient (Wildman–Crippen LogP) is 4.98. The van der Waals surface area contributed by atoms with Crippen LogP contribution in [0.4, 0.5) is 4.79 Å². The predicted molar refractivity (Wildman–Crippen MR) is 122 cm³/mol. The summed E-state index contributed by atoms with van der Waals surface area (Å²) in [5.74, 6) is 0.829. The summed E-state index contributed by atoms with van der Waals surface area (Å²) in [5.41, 5.74) is 2.84. The molecule has 1 N–H and O–H groups in total. The average molecular weight is 432 g/mol. The smallest absolute Gasteiger partial charge is 0.410 e. The van der Waals surface area contributed by atoms with Crippen LogP contribution < -0.4 is 0 Å². The van der Waals surface area contributed by atoms with Gasteiger partial charge < -0.3 is 14.5 Å². The molecule has 164 valence electrons. The highest BCUT2D eigenvalue weighted by atomic mass is 32.1. The third kappa shape index (κ3) is 4.83. The van der Waals surface area contributed by atoms with E-state index in [0.29, 0.717) is 6.54 Å². The summed E-state index contributed by atoms with van der Waals surface area (Å²) in [7, 11) is 0. The molecule has 2 aromatic rings. The number of benzene rings is 1. The van der Waals surface area contributed by atoms with Crippen LogP contribution in [-0.2, 0) is 9.47 Å². The van der Waals surface area contributed by atoms with Crippen molar-refractivity contribution in [3.8, 4) is 11.3 Å². The molecule has 0 aliphatic carbocycles. The lowest BCUT2D eigenvalue weighted by molar-refractivity contribution is 0.00700. The van der Waals surface area contributed by atoms with Gasteiger partial charge in [-0.3, -0.25) is 4.90 Å². The number of ether oxygens (including phenoxy) is 2. The zero-order valence-electron chi connectivity index (χ0n) is 18.3. The molecular weight excluding hydrogens is 398 g/mol. The molecule has 0 bridgehead atoms. The highest BCUT2D eigenvalue weighted by Gasteiger charge is 2.49. The van der Waals surface area contributed by atoms with Gasteiger partial charge >= 0.3 is 6.09 Å². The van der Waals surface area contributed by atoms with Crippen LogP contribution in [0.2, 0.25) is 0 Å². The number of likely N-dealkylation sites (tertiary alicyclic amines) is 1. The topological polar surface area (TPSA) is 67.4 Å². The molecule has 2 fully saturated rings. The zero-order valence-corrected chi connectivity index (χ0v) is 19.3. The van der Waals surface area contributed by atoms with Gasteiger partial charge in [0.2, 0.25) is 0 Å². The van der Waals surface area contributed by atoms with Gasteiger partial charge in [0.05, 0.1) is 17.9 Å². The van der Waals surface area contributed by atoms with Crippen molar-refractivity contribution >= 4 is 19.6 Å². The maximum atomic E-state index is 13.0. The number of nitrogens with zero attached hydrogens (tertiary/aromatic N) is 2. The maximum absolute atomic E-state index is 13.0. The monoisotopic (exact) mass is 431 g/mol. The molecule has 1 atom stereocenters. The van der Waals surface area contributed by atoms with Gasteiger partial charge in [-0.15, -0.1) is 0 Å². The lowest BCUT2D eigenvalue weighted by atomic mass is 9.78. The molecule has 7 heteroatoms. The maximum Gasteiger partial charge on any atom is 0.410 e. The molecule has 0 saturated carbocycles. The Morgan fingerprint density at radius 2 is 1.90 bits per heavy atom. The van der Waals surface area contributed by atoms with E-state index in [-0.39, 0.29) is 31.0 Å². The van der Waals surface area contributed by atoms with Crippen LogP contribution in [0.15, 0.2) is 30.5 Å². The van der Waals surface area contributed by atoms with Crippen molar-refractivity contribution in [2.24, 2.45) is 5.41 Å². The number of nitrogens with one attached hydrogen (secondary N) is 1. The van der Waals surface area contributed by atoms with Gasteiger partial charge in [-0.2, -0.15) is 13.5 Å². The molecule has 1 aromatic carbocycles. The van der Waals surface area contributed by atoms with Gasteiger partial charge in [0, 0.05) is 19.8 Å². The van der Waals surface area contributed by atoms with Crippen molar-refractivity contribution < 1.29 is 14.3 Å². The van der Waals surface area contributed by atoms with Crippen LogP contribution in [0.3, 0.4) is 0 Å². The van der Waals surface area contributed by atoms with E-state index in [9.17, 15) is 4.79 Å². The number of amides is 1. The number of hydrogen-bond donors (Lipinski definition) is 1. The molecule has 6 nitrogen and oxygen atoms in total. The Bertz CT molecular complexity index is 867. The van der Waals surface area contributed by atoms with E-state index in [2.05, 4.69) is 41.2 Å². The minimum absolute atomic E-state index is 0. The Kier molecular flexibility index (Phi) is 6.53. The summed E-state index contributed by atoms with van der Waals surface area (Å²) in [6.45, 7) is 9.99. The largest absolute Gasteiger partial charge is 0.444 e. The fourth-order valence-electron chi connectivity index (χ4n) is 4.37. The van der Waals surface area contributed by atoms with Crippen LogP contribution in [-0.4, -0.2) is 46.3 Å². The van der Waals surface area contributed by atoms with Crippen molar-refractivity contribution in [1.29, 1.82) is 0 Å². The molecule has 30 heavy (non-hydrogen) atoms. The number of aromatic amines is 1. The Hall–Kier alpha value is -1.99. The number of H-pyrrole nitrogens is 1. The molecule has 4 rings (SSSR count). The molecule has 1 aromatic heterocycles. The highest BCUT2D eigenvalue weighted by Crippen LogP contribution is 2.48. The van der Waals surface area contributed by atoms with E-state index in [1.54, 1.807) is 0 Å². The summed E-state index contributed by atoms with van der Waals surface area (Å²) in [6.07, 6.45) is 4.42. The fourth-order valence-corrected chi connectivity index (χ4v) is 4.37. The normalized spacial score (nSPS) is 20.8. The van der Waals surface area contributed by atoms with Gasteiger partial charge in [-0.25, -0.2) is 9.78 Å². The molecule has 0 unspecified atom stereocenters. The lowest BCUT2D eigenvalue weighted by Crippen LogP contribution is -2.39. The van der Waals surface area contributed by atoms with Gasteiger partial charge in [-0.1, -0.05) is 29.8 Å². The minimum Gasteiger partial charge on any atom is -0.444 e. The first-order valence-corrected chi connectivity index (χ1v) is 10.4. The van der Waals surface area contributed by atoms with E-state index in [4.69, 9.17) is 9.47 Å². The third-order valence-electron chi connectivity index (χ3n) is 5.96. The fraction of sp³-hybridized carbons (Fsp3) is 0.565. The van der Waals surface area contributed by atoms with E-state index < -0.39 is 5.60 Å². The van der Waals surface area contributed by atoms with Gasteiger partial charge in [0.15, 0.2) is 0 Å². The van der Waals surface area contributed by atoms with Crippen LogP contribution in [0.25, 0.3) is 11.3 Å². The average Bonchev–Trinajstić information content (AvgIpc) is 3.27. The summed E-state index contributed by atoms with van der Waals surface area (Å²) in [5, 5.41) is 0. The Morgan fingerprint density at radius 1 is 1.23 bits per heavy atom. The third-order valence-corrected chi connectivity index (χ3v) is 5.96. The summed E-state index contributed by atoms with van der Waals surface area (Å²) in [6, 6.07) is 8.26. The number of rotatable bonds is 2. The Labute approximate surface area is 185 Å². The van der Waals surface area contributed by atoms with Crippen LogP contribution in [0, 0.1) is 12.3 Å². The molecule has 1 amide bonds. The molecular formula is C23H33N3O3S. The van der Waals surface area contributed by atoms with Gasteiger partial charge in [0.1, 0.15) is 11.4 Å². The first kappa shape index (κ1) is 22.7. The quantitative estimate of drug-likeness (QED) is 0.728. The molecule has 2 saturated heterocycles. The Morgan fingerprint density at radius 3 is 2.53 bits per heavy atom. The van der Waals surface area contributed by atoms with Crippen molar-refractivity contribution in [2.45, 2.75) is 58.6 Å². The van der Waals surface area contributed by atoms with E-state index in [1.165, 1.54) is 5.56 Å². The molecule has 3 heterocycles. The molecule has 1 spiro atoms. The first-order valence-electron chi connectivity index (χ1n) is 10.4. The molecule has 0 radical (unpaired) electrons. The van der Waals surface area contributed by atoms with Gasteiger partial charge in [-0.05, 0) is 57.9 Å². The van der Waals surface area contributed by atoms with E-state index in [1.807, 2.05) is 31.9 Å². The lowest BCUT2D eigenvalue weighted by Gasteiger charge is -2.33. The van der Waals surface area contributed by atoms with Crippen LogP contribution >= 0.6 is 13.5 Å². The second-order valence-corrected chi connectivity index (χ2v) is 9.49. The number of carbonyl (C=O) groups excluding carboxylic acids is 1. The summed E-state index contributed by atoms with van der Waals surface area (Å²) in [4.78, 5) is 23.0. The number of aryl methyl sites for hydroxylation is 1. The number of aromatic nitrogens is 2. The number of imidazole rings is 1. The number of hydrogen-bond acceptors (Lipinski definition) is 4. The SMILES string of the molecule is Cc1ccc(-c2cnc([C@@H]3CC4(CCOCC4)CN3C(=O)OC(C)(C)C)[nH]2)cc1.S. The number of carbonyl (C=O) groups is 1. The zero-order chi connectivity index (χ0) is 20.6. The first-order chi connectivity index (χ1) is 13.7. The van der Waals surface area contributed by atoms with E-state index >= 15 is 0 Å². The van der Waals surface area contributed by atoms with Crippen molar-refractivity contribution in [1.82, 2.24) is 14.9 Å². The summed E-state index contributed by atoms with van der Waals surface area (Å²) < 4.78 is 11.3. The molecule has 2 aliphatic rings. The van der Waals surface area contributed by atoms with Crippen molar-refractivity contribution in [3.63, 3.8) is 0 Å².